The Morgan fingerprint density at radius 1 is 0.518 bits per heavy atom. The van der Waals surface area contributed by atoms with Gasteiger partial charge in [-0.05, 0) is 136 Å². The van der Waals surface area contributed by atoms with E-state index < -0.39 is 27.2 Å². The molecule has 0 aliphatic rings. The number of hydrogen-bond acceptors (Lipinski definition) is 12. The molecule has 9 N–H and O–H groups in total. The van der Waals surface area contributed by atoms with Gasteiger partial charge in [-0.2, -0.15) is 0 Å². The number of phenolic OH excluding ortho intramolecular Hbond substituents is 1. The number of rotatable bonds is 18. The molecule has 3 aromatic carbocycles. The zero-order valence-corrected chi connectivity index (χ0v) is 38.7. The Balaban J connectivity index is 0.000000749. The van der Waals surface area contributed by atoms with Crippen LogP contribution in [0.15, 0.2) is 89.8 Å². The normalized spacial score (nSPS) is 12.0. The van der Waals surface area contributed by atoms with Crippen LogP contribution in [0.3, 0.4) is 0 Å². The topological polar surface area (TPSA) is 260 Å². The summed E-state index contributed by atoms with van der Waals surface area (Å²) < 4.78 is 42.2. The molecule has 0 amide bonds. The largest absolute Gasteiger partial charge is 0.508 e. The fourth-order valence-corrected chi connectivity index (χ4v) is 10.6. The molecule has 0 heterocycles. The second kappa shape index (κ2) is 27.8. The molecule has 56 heavy (non-hydrogen) atoms. The second-order valence-corrected chi connectivity index (χ2v) is 27.3. The van der Waals surface area contributed by atoms with E-state index in [9.17, 15) is 18.3 Å². The van der Waals surface area contributed by atoms with Crippen LogP contribution in [0.5, 0.6) is 5.75 Å². The smallest absolute Gasteiger partial charge is 0.388 e. The molecule has 24 heteroatoms. The van der Waals surface area contributed by atoms with Crippen LogP contribution >= 0.6 is 72.7 Å². The van der Waals surface area contributed by atoms with E-state index in [0.29, 0.717) is 88.0 Å². The van der Waals surface area contributed by atoms with Crippen LogP contribution in [-0.4, -0.2) is 117 Å². The third kappa shape index (κ3) is 32.1. The Morgan fingerprint density at radius 3 is 1.20 bits per heavy atom. The summed E-state index contributed by atoms with van der Waals surface area (Å²) >= 11 is 2.55. The maximum atomic E-state index is 10.9. The van der Waals surface area contributed by atoms with E-state index in [2.05, 4.69) is 32.6 Å². The monoisotopic (exact) mass is 941 g/mol. The van der Waals surface area contributed by atoms with Gasteiger partial charge in [-0.25, -0.2) is 18.3 Å². The maximum Gasteiger partial charge on any atom is 0.388 e. The average molecular weight is 942 g/mol. The fraction of sp³-hybridized carbons (Fsp3) is 0.438. The third-order valence-electron chi connectivity index (χ3n) is 6.50. The van der Waals surface area contributed by atoms with Gasteiger partial charge in [0.25, 0.3) is 0 Å². The summed E-state index contributed by atoms with van der Waals surface area (Å²) in [6.07, 6.45) is 0. The highest BCUT2D eigenvalue weighted by Crippen LogP contribution is 2.54. The van der Waals surface area contributed by atoms with Crippen LogP contribution in [0.1, 0.15) is 27.7 Å². The number of phenols is 1. The van der Waals surface area contributed by atoms with E-state index in [1.807, 2.05) is 84.6 Å². The van der Waals surface area contributed by atoms with Crippen LogP contribution < -0.4 is 4.90 Å². The van der Waals surface area contributed by atoms with Crippen molar-refractivity contribution in [1.29, 1.82) is 0 Å². The SMILES string of the molecule is CC(C)N(CCSP(=O)(O)O)C(C)C.CN(C)CCSP(=O)(O)O.O=P(O)(O)SCCN(c1ccccc1)c1ccccc1.O=P(O)(O)Sc1ccc(O)cc1. The highest BCUT2D eigenvalue weighted by atomic mass is 32.7. The lowest BCUT2D eigenvalue weighted by molar-refractivity contribution is 0.187. The molecule has 0 atom stereocenters. The van der Waals surface area contributed by atoms with Crippen LogP contribution in [-0.2, 0) is 18.3 Å². The van der Waals surface area contributed by atoms with Gasteiger partial charge in [-0.1, -0.05) is 36.4 Å². The molecule has 0 saturated carbocycles. The standard InChI is InChI=1S/C14H16NO3PS.C8H20NO3PS.C6H7O4PS.C4H12NO3PS/c16-19(17,18)20-12-11-15(13-7-3-1-4-8-13)14-9-5-2-6-10-14;1-7(2)9(8(3)4)5-6-14-13(10,11)12;7-5-1-3-6(4-2-5)12-11(8,9)10;1-5(2)3-4-10-9(6,7)8/h1-10H,11-12H2,(H2,16,17,18);7-8H,5-6H2,1-4H3,(H2,10,11,12);1-4,7H,(H2,8,9,10);3-4H2,1-2H3,(H2,6,7,8). The molecule has 0 aromatic heterocycles. The van der Waals surface area contributed by atoms with E-state index in [0.717, 1.165) is 22.8 Å². The zero-order valence-electron chi connectivity index (χ0n) is 31.9. The van der Waals surface area contributed by atoms with Gasteiger partial charge in [-0.15, -0.1) is 0 Å². The van der Waals surface area contributed by atoms with Gasteiger partial charge in [0.15, 0.2) is 0 Å². The van der Waals surface area contributed by atoms with Crippen molar-refractivity contribution in [1.82, 2.24) is 9.80 Å². The van der Waals surface area contributed by atoms with Crippen molar-refractivity contribution in [2.45, 2.75) is 44.7 Å². The lowest BCUT2D eigenvalue weighted by Gasteiger charge is -2.30. The molecule has 16 nitrogen and oxygen atoms in total. The molecular formula is C32H55N3O13P4S4. The van der Waals surface area contributed by atoms with Gasteiger partial charge < -0.3 is 54.1 Å². The first kappa shape index (κ1) is 55.2. The number of hydrogen-bond donors (Lipinski definition) is 9. The lowest BCUT2D eigenvalue weighted by atomic mass is 10.2. The number of anilines is 2. The van der Waals surface area contributed by atoms with Gasteiger partial charge in [-0.3, -0.25) is 4.90 Å². The summed E-state index contributed by atoms with van der Waals surface area (Å²) in [6, 6.07) is 26.0. The molecule has 0 aliphatic heterocycles. The molecule has 0 bridgehead atoms. The number of nitrogens with zero attached hydrogens (tertiary/aromatic N) is 3. The molecular weight excluding hydrogens is 887 g/mol. The molecule has 3 aromatic rings. The molecule has 0 spiro atoms. The number of benzene rings is 3. The fourth-order valence-electron chi connectivity index (χ4n) is 4.24. The Labute approximate surface area is 345 Å². The predicted octanol–water partition coefficient (Wildman–Crippen LogP) is 7.53. The Hall–Kier alpha value is -0.820. The number of para-hydroxylation sites is 2. The minimum absolute atomic E-state index is 0.0741. The van der Waals surface area contributed by atoms with Crippen molar-refractivity contribution in [3.8, 4) is 5.75 Å². The molecule has 0 fully saturated rings. The summed E-state index contributed by atoms with van der Waals surface area (Å²) in [5, 5.41) is 8.85. The lowest BCUT2D eigenvalue weighted by Crippen LogP contribution is -2.38. The third-order valence-corrected chi connectivity index (χ3v) is 15.3. The quantitative estimate of drug-likeness (QED) is 0.0558. The van der Waals surface area contributed by atoms with Crippen molar-refractivity contribution in [2.24, 2.45) is 0 Å². The zero-order chi connectivity index (χ0) is 43.2. The van der Waals surface area contributed by atoms with Gasteiger partial charge in [0.05, 0.1) is 0 Å². The van der Waals surface area contributed by atoms with Crippen LogP contribution in [0, 0.1) is 0 Å². The van der Waals surface area contributed by atoms with E-state index in [4.69, 9.17) is 44.3 Å². The van der Waals surface area contributed by atoms with E-state index >= 15 is 0 Å². The second-order valence-electron chi connectivity index (χ2n) is 12.1. The summed E-state index contributed by atoms with van der Waals surface area (Å²) in [4.78, 5) is 75.6. The first-order chi connectivity index (χ1) is 25.7. The molecule has 3 rings (SSSR count). The summed E-state index contributed by atoms with van der Waals surface area (Å²) in [7, 11) is 3.72. The maximum absolute atomic E-state index is 10.9. The summed E-state index contributed by atoms with van der Waals surface area (Å²) in [5.41, 5.74) is 2.01. The summed E-state index contributed by atoms with van der Waals surface area (Å²) in [5.74, 6) is 1.37. The van der Waals surface area contributed by atoms with Crippen molar-refractivity contribution >= 4 is 84.1 Å². The minimum atomic E-state index is -4.07. The molecule has 0 radical (unpaired) electrons. The van der Waals surface area contributed by atoms with E-state index in [-0.39, 0.29) is 5.75 Å². The molecule has 0 unspecified atom stereocenters. The van der Waals surface area contributed by atoms with E-state index in [1.54, 1.807) is 0 Å². The molecule has 320 valence electrons. The van der Waals surface area contributed by atoms with E-state index in [1.165, 1.54) is 24.3 Å². The number of aromatic hydroxyl groups is 1. The predicted molar refractivity (Wildman–Crippen MR) is 235 cm³/mol. The highest BCUT2D eigenvalue weighted by Gasteiger charge is 2.18. The van der Waals surface area contributed by atoms with Crippen LogP contribution in [0.2, 0.25) is 0 Å². The first-order valence-electron chi connectivity index (χ1n) is 16.6. The van der Waals surface area contributed by atoms with Crippen LogP contribution in [0.4, 0.5) is 11.4 Å². The Bertz CT molecular complexity index is 1630. The van der Waals surface area contributed by atoms with Crippen molar-refractivity contribution in [3.05, 3.63) is 84.9 Å². The van der Waals surface area contributed by atoms with Gasteiger partial charge in [0.1, 0.15) is 5.75 Å². The Morgan fingerprint density at radius 2 is 0.875 bits per heavy atom. The van der Waals surface area contributed by atoms with Crippen molar-refractivity contribution in [3.63, 3.8) is 0 Å². The summed E-state index contributed by atoms with van der Waals surface area (Å²) in [6.45, 7) is -5.53. The van der Waals surface area contributed by atoms with Gasteiger partial charge in [0, 0.05) is 65.2 Å². The first-order valence-corrected chi connectivity index (χ1v) is 29.3. The van der Waals surface area contributed by atoms with Gasteiger partial charge in [0.2, 0.25) is 0 Å². The van der Waals surface area contributed by atoms with Crippen LogP contribution in [0.25, 0.3) is 0 Å². The average Bonchev–Trinajstić information content (AvgIpc) is 3.05. The van der Waals surface area contributed by atoms with Gasteiger partial charge >= 0.3 is 27.2 Å². The van der Waals surface area contributed by atoms with Crippen molar-refractivity contribution < 1.29 is 62.5 Å². The van der Waals surface area contributed by atoms with Crippen molar-refractivity contribution in [2.75, 3.05) is 55.9 Å². The molecule has 0 saturated heterocycles. The minimum Gasteiger partial charge on any atom is -0.508 e. The Kier molecular flexibility index (Phi) is 27.4. The highest BCUT2D eigenvalue weighted by molar-refractivity contribution is 8.55. The molecule has 0 aliphatic carbocycles.